The Morgan fingerprint density at radius 2 is 2.40 bits per heavy atom. The van der Waals surface area contributed by atoms with Crippen LogP contribution in [0.25, 0.3) is 0 Å². The van der Waals surface area contributed by atoms with Gasteiger partial charge >= 0.3 is 5.97 Å². The van der Waals surface area contributed by atoms with Gasteiger partial charge in [-0.1, -0.05) is 6.08 Å². The quantitative estimate of drug-likeness (QED) is 0.518. The fourth-order valence-corrected chi connectivity index (χ4v) is 1.96. The molecule has 0 aromatic carbocycles. The molecule has 0 saturated carbocycles. The van der Waals surface area contributed by atoms with Crippen molar-refractivity contribution in [1.29, 1.82) is 0 Å². The van der Waals surface area contributed by atoms with Gasteiger partial charge in [-0.25, -0.2) is 0 Å². The lowest BCUT2D eigenvalue weighted by Crippen LogP contribution is -2.29. The second kappa shape index (κ2) is 5.91. The summed E-state index contributed by atoms with van der Waals surface area (Å²) in [5.74, 6) is -0.330. The van der Waals surface area contributed by atoms with E-state index < -0.39 is 0 Å². The van der Waals surface area contributed by atoms with Gasteiger partial charge in [-0.2, -0.15) is 0 Å². The predicted molar refractivity (Wildman–Crippen MR) is 58.5 cm³/mol. The van der Waals surface area contributed by atoms with E-state index in [2.05, 4.69) is 6.58 Å². The summed E-state index contributed by atoms with van der Waals surface area (Å²) in [6.45, 7) is 7.95. The molecule has 1 rings (SSSR count). The molecule has 0 aromatic heterocycles. The molecule has 15 heavy (non-hydrogen) atoms. The van der Waals surface area contributed by atoms with E-state index in [0.29, 0.717) is 13.0 Å². The number of hydrogen-bond acceptors (Lipinski definition) is 3. The van der Waals surface area contributed by atoms with Crippen molar-refractivity contribution < 1.29 is 14.3 Å². The molecular weight excluding hydrogens is 192 g/mol. The Morgan fingerprint density at radius 1 is 1.67 bits per heavy atom. The van der Waals surface area contributed by atoms with Crippen LogP contribution in [0.4, 0.5) is 0 Å². The normalized spacial score (nSPS) is 27.3. The van der Waals surface area contributed by atoms with Crippen LogP contribution in [0.1, 0.15) is 33.1 Å². The number of allylic oxidation sites excluding steroid dienone is 1. The second-order valence-electron chi connectivity index (χ2n) is 3.95. The summed E-state index contributed by atoms with van der Waals surface area (Å²) in [6, 6.07) is 0. The fraction of sp³-hybridized carbons (Fsp3) is 0.750. The van der Waals surface area contributed by atoms with E-state index in [4.69, 9.17) is 9.47 Å². The Bertz CT molecular complexity index is 225. The number of rotatable bonds is 5. The average molecular weight is 212 g/mol. The minimum absolute atomic E-state index is 0.0112. The van der Waals surface area contributed by atoms with E-state index >= 15 is 0 Å². The highest BCUT2D eigenvalue weighted by Crippen LogP contribution is 2.28. The smallest absolute Gasteiger partial charge is 0.311 e. The molecule has 86 valence electrons. The van der Waals surface area contributed by atoms with Crippen LogP contribution in [0.5, 0.6) is 0 Å². The SMILES string of the molecule is C=CCC(C(=O)OCC)C1CCC(C)O1. The molecule has 1 heterocycles. The van der Waals surface area contributed by atoms with Gasteiger partial charge in [-0.05, 0) is 33.1 Å². The van der Waals surface area contributed by atoms with Gasteiger partial charge in [0.1, 0.15) is 0 Å². The van der Waals surface area contributed by atoms with Gasteiger partial charge in [0.05, 0.1) is 24.7 Å². The Kier molecular flexibility index (Phi) is 4.82. The molecular formula is C12H20O3. The van der Waals surface area contributed by atoms with Crippen molar-refractivity contribution >= 4 is 5.97 Å². The Labute approximate surface area is 91.4 Å². The van der Waals surface area contributed by atoms with Crippen molar-refractivity contribution in [2.75, 3.05) is 6.61 Å². The molecule has 0 bridgehead atoms. The summed E-state index contributed by atoms with van der Waals surface area (Å²) in [7, 11) is 0. The first-order valence-corrected chi connectivity index (χ1v) is 5.62. The minimum atomic E-state index is -0.174. The lowest BCUT2D eigenvalue weighted by atomic mass is 9.96. The third kappa shape index (κ3) is 3.34. The summed E-state index contributed by atoms with van der Waals surface area (Å²) in [5.41, 5.74) is 0. The molecule has 3 unspecified atom stereocenters. The number of esters is 1. The first-order chi connectivity index (χ1) is 7.19. The van der Waals surface area contributed by atoms with Crippen LogP contribution in [0, 0.1) is 5.92 Å². The minimum Gasteiger partial charge on any atom is -0.466 e. The van der Waals surface area contributed by atoms with Crippen LogP contribution in [0.3, 0.4) is 0 Å². The fourth-order valence-electron chi connectivity index (χ4n) is 1.96. The van der Waals surface area contributed by atoms with Crippen LogP contribution >= 0.6 is 0 Å². The lowest BCUT2D eigenvalue weighted by molar-refractivity contribution is -0.153. The molecule has 3 atom stereocenters. The summed E-state index contributed by atoms with van der Waals surface area (Å²) in [4.78, 5) is 11.7. The molecule has 0 spiro atoms. The average Bonchev–Trinajstić information content (AvgIpc) is 2.61. The van der Waals surface area contributed by atoms with Crippen molar-refractivity contribution in [3.63, 3.8) is 0 Å². The Balaban J connectivity index is 2.56. The molecule has 1 aliphatic heterocycles. The van der Waals surface area contributed by atoms with Gasteiger partial charge in [0.15, 0.2) is 0 Å². The summed E-state index contributed by atoms with van der Waals surface area (Å²) < 4.78 is 10.7. The zero-order chi connectivity index (χ0) is 11.3. The van der Waals surface area contributed by atoms with Gasteiger partial charge in [0.2, 0.25) is 0 Å². The summed E-state index contributed by atoms with van der Waals surface area (Å²) in [5, 5.41) is 0. The Hall–Kier alpha value is -0.830. The van der Waals surface area contributed by atoms with Gasteiger partial charge < -0.3 is 9.47 Å². The largest absolute Gasteiger partial charge is 0.466 e. The van der Waals surface area contributed by atoms with Crippen molar-refractivity contribution in [2.45, 2.75) is 45.3 Å². The molecule has 0 N–H and O–H groups in total. The molecule has 1 saturated heterocycles. The van der Waals surface area contributed by atoms with Crippen molar-refractivity contribution in [3.8, 4) is 0 Å². The van der Waals surface area contributed by atoms with Gasteiger partial charge in [0, 0.05) is 0 Å². The molecule has 0 aliphatic carbocycles. The van der Waals surface area contributed by atoms with Crippen LogP contribution in [0.15, 0.2) is 12.7 Å². The zero-order valence-electron chi connectivity index (χ0n) is 9.57. The maximum absolute atomic E-state index is 11.7. The third-order valence-electron chi connectivity index (χ3n) is 2.72. The third-order valence-corrected chi connectivity index (χ3v) is 2.72. The molecule has 1 fully saturated rings. The Morgan fingerprint density at radius 3 is 2.87 bits per heavy atom. The van der Waals surface area contributed by atoms with E-state index in [1.807, 2.05) is 13.8 Å². The number of hydrogen-bond donors (Lipinski definition) is 0. The van der Waals surface area contributed by atoms with Gasteiger partial charge in [-0.3, -0.25) is 4.79 Å². The molecule has 0 radical (unpaired) electrons. The highest BCUT2D eigenvalue weighted by atomic mass is 16.5. The second-order valence-corrected chi connectivity index (χ2v) is 3.95. The van der Waals surface area contributed by atoms with E-state index in [1.165, 1.54) is 0 Å². The maximum atomic E-state index is 11.7. The first kappa shape index (κ1) is 12.2. The van der Waals surface area contributed by atoms with Crippen molar-refractivity contribution in [3.05, 3.63) is 12.7 Å². The van der Waals surface area contributed by atoms with E-state index in [-0.39, 0.29) is 24.1 Å². The highest BCUT2D eigenvalue weighted by Gasteiger charge is 2.34. The standard InChI is InChI=1S/C12H20O3/c1-4-6-10(12(13)14-5-2)11-8-7-9(3)15-11/h4,9-11H,1,5-8H2,2-3H3. The van der Waals surface area contributed by atoms with E-state index in [1.54, 1.807) is 6.08 Å². The van der Waals surface area contributed by atoms with Crippen LogP contribution in [-0.4, -0.2) is 24.8 Å². The first-order valence-electron chi connectivity index (χ1n) is 5.62. The molecule has 0 aromatic rings. The monoisotopic (exact) mass is 212 g/mol. The lowest BCUT2D eigenvalue weighted by Gasteiger charge is -2.20. The van der Waals surface area contributed by atoms with Crippen LogP contribution < -0.4 is 0 Å². The predicted octanol–water partition coefficient (Wildman–Crippen LogP) is 2.31. The van der Waals surface area contributed by atoms with E-state index in [9.17, 15) is 4.79 Å². The van der Waals surface area contributed by atoms with Crippen LogP contribution in [0.2, 0.25) is 0 Å². The summed E-state index contributed by atoms with van der Waals surface area (Å²) in [6.07, 6.45) is 4.63. The molecule has 3 heteroatoms. The highest BCUT2D eigenvalue weighted by molar-refractivity contribution is 5.73. The van der Waals surface area contributed by atoms with Crippen molar-refractivity contribution in [2.24, 2.45) is 5.92 Å². The van der Waals surface area contributed by atoms with Gasteiger partial charge in [0.25, 0.3) is 0 Å². The molecule has 3 nitrogen and oxygen atoms in total. The maximum Gasteiger partial charge on any atom is 0.311 e. The topological polar surface area (TPSA) is 35.5 Å². The number of carbonyl (C=O) groups excluding carboxylic acids is 1. The summed E-state index contributed by atoms with van der Waals surface area (Å²) >= 11 is 0. The van der Waals surface area contributed by atoms with Crippen LogP contribution in [-0.2, 0) is 14.3 Å². The van der Waals surface area contributed by atoms with Crippen molar-refractivity contribution in [1.82, 2.24) is 0 Å². The molecule has 0 amide bonds. The zero-order valence-corrected chi connectivity index (χ0v) is 9.57. The molecule has 1 aliphatic rings. The van der Waals surface area contributed by atoms with Gasteiger partial charge in [-0.15, -0.1) is 6.58 Å². The number of carbonyl (C=O) groups is 1. The van der Waals surface area contributed by atoms with E-state index in [0.717, 1.165) is 12.8 Å². The number of ether oxygens (including phenoxy) is 2.